The number of nitrogens with zero attached hydrogens (tertiary/aromatic N) is 2. The topological polar surface area (TPSA) is 52.8 Å². The van der Waals surface area contributed by atoms with Crippen LogP contribution in [0.15, 0.2) is 17.1 Å². The number of rotatable bonds is 1. The fraction of sp³-hybridized carbons (Fsp3) is 0.429. The van der Waals surface area contributed by atoms with E-state index < -0.39 is 0 Å². The summed E-state index contributed by atoms with van der Waals surface area (Å²) in [5.74, 6) is 1.30. The molecule has 2 heterocycles. The van der Waals surface area contributed by atoms with Crippen LogP contribution in [-0.2, 0) is 11.8 Å². The van der Waals surface area contributed by atoms with Crippen molar-refractivity contribution in [2.24, 2.45) is 18.0 Å². The van der Waals surface area contributed by atoms with Gasteiger partial charge in [0.25, 0.3) is 5.91 Å². The Morgan fingerprint density at radius 2 is 1.95 bits per heavy atom. The van der Waals surface area contributed by atoms with Gasteiger partial charge in [0.15, 0.2) is 16.3 Å². The number of carbonyl (C=O) groups is 1. The lowest BCUT2D eigenvalue weighted by atomic mass is 10.2. The zero-order valence-corrected chi connectivity index (χ0v) is 12.5. The third-order valence-electron chi connectivity index (χ3n) is 3.17. The third-order valence-corrected chi connectivity index (χ3v) is 4.27. The van der Waals surface area contributed by atoms with Crippen molar-refractivity contribution in [3.63, 3.8) is 0 Å². The van der Waals surface area contributed by atoms with Gasteiger partial charge in [-0.2, -0.15) is 4.99 Å². The summed E-state index contributed by atoms with van der Waals surface area (Å²) in [4.78, 5) is 16.7. The van der Waals surface area contributed by atoms with Gasteiger partial charge < -0.3 is 14.0 Å². The maximum atomic E-state index is 11.8. The summed E-state index contributed by atoms with van der Waals surface area (Å²) in [6.45, 7) is 4.83. The number of amides is 1. The third kappa shape index (κ3) is 2.20. The van der Waals surface area contributed by atoms with Crippen molar-refractivity contribution in [2.45, 2.75) is 13.8 Å². The molecule has 106 valence electrons. The normalized spacial score (nSPS) is 15.1. The Hall–Kier alpha value is -1.82. The van der Waals surface area contributed by atoms with E-state index in [0.717, 1.165) is 21.7 Å². The van der Waals surface area contributed by atoms with E-state index in [2.05, 4.69) is 4.99 Å². The second kappa shape index (κ2) is 4.94. The Morgan fingerprint density at radius 3 is 2.60 bits per heavy atom. The summed E-state index contributed by atoms with van der Waals surface area (Å²) in [5.41, 5.74) is 0.995. The summed E-state index contributed by atoms with van der Waals surface area (Å²) < 4.78 is 14.1. The van der Waals surface area contributed by atoms with Crippen LogP contribution in [0.3, 0.4) is 0 Å². The van der Waals surface area contributed by atoms with Crippen molar-refractivity contribution >= 4 is 27.5 Å². The van der Waals surface area contributed by atoms with Gasteiger partial charge in [-0.25, -0.2) is 0 Å². The van der Waals surface area contributed by atoms with Gasteiger partial charge in [-0.15, -0.1) is 0 Å². The average molecular weight is 292 g/mol. The minimum absolute atomic E-state index is 0.0971. The highest BCUT2D eigenvalue weighted by atomic mass is 32.1. The van der Waals surface area contributed by atoms with E-state index in [0.29, 0.717) is 18.0 Å². The fourth-order valence-electron chi connectivity index (χ4n) is 1.99. The number of benzene rings is 1. The van der Waals surface area contributed by atoms with E-state index in [1.54, 1.807) is 0 Å². The molecule has 1 aromatic heterocycles. The minimum Gasteiger partial charge on any atom is -0.486 e. The quantitative estimate of drug-likeness (QED) is 0.809. The summed E-state index contributed by atoms with van der Waals surface area (Å²) in [7, 11) is 1.90. The van der Waals surface area contributed by atoms with Crippen LogP contribution in [0.2, 0.25) is 0 Å². The van der Waals surface area contributed by atoms with Crippen LogP contribution in [0.1, 0.15) is 13.8 Å². The summed E-state index contributed by atoms with van der Waals surface area (Å²) in [6.07, 6.45) is 0. The van der Waals surface area contributed by atoms with Crippen LogP contribution in [0.5, 0.6) is 11.5 Å². The molecule has 0 atom stereocenters. The first-order chi connectivity index (χ1) is 9.56. The van der Waals surface area contributed by atoms with Crippen LogP contribution in [0.25, 0.3) is 10.2 Å². The van der Waals surface area contributed by atoms with Gasteiger partial charge in [-0.05, 0) is 0 Å². The van der Waals surface area contributed by atoms with Crippen molar-refractivity contribution in [1.29, 1.82) is 0 Å². The van der Waals surface area contributed by atoms with Crippen LogP contribution in [0, 0.1) is 5.92 Å². The summed E-state index contributed by atoms with van der Waals surface area (Å²) in [5, 5.41) is 0. The lowest BCUT2D eigenvalue weighted by molar-refractivity contribution is -0.120. The SMILES string of the molecule is CC(C)C(=O)N=c1sc2cc3c(cc2n1C)OCCO3. The van der Waals surface area contributed by atoms with Crippen molar-refractivity contribution in [1.82, 2.24) is 4.57 Å². The first-order valence-corrected chi connectivity index (χ1v) is 7.35. The molecular weight excluding hydrogens is 276 g/mol. The molecule has 20 heavy (non-hydrogen) atoms. The molecule has 0 N–H and O–H groups in total. The Balaban J connectivity index is 2.17. The molecule has 1 aliphatic heterocycles. The molecule has 0 saturated heterocycles. The van der Waals surface area contributed by atoms with Gasteiger partial charge in [-0.3, -0.25) is 4.79 Å². The number of fused-ring (bicyclic) bond motifs is 2. The smallest absolute Gasteiger partial charge is 0.250 e. The maximum Gasteiger partial charge on any atom is 0.250 e. The van der Waals surface area contributed by atoms with Crippen LogP contribution >= 0.6 is 11.3 Å². The van der Waals surface area contributed by atoms with E-state index in [4.69, 9.17) is 9.47 Å². The molecule has 0 unspecified atom stereocenters. The number of carbonyl (C=O) groups excluding carboxylic acids is 1. The second-order valence-corrected chi connectivity index (χ2v) is 6.02. The number of thiazole rings is 1. The average Bonchev–Trinajstić information content (AvgIpc) is 2.72. The standard InChI is InChI=1S/C14H16N2O3S/c1-8(2)13(17)15-14-16(3)9-6-10-11(7-12(9)20-14)19-5-4-18-10/h6-8H,4-5H2,1-3H3. The van der Waals surface area contributed by atoms with E-state index in [1.807, 2.05) is 37.6 Å². The molecule has 1 amide bonds. The van der Waals surface area contributed by atoms with Crippen molar-refractivity contribution in [3.05, 3.63) is 16.9 Å². The largest absolute Gasteiger partial charge is 0.486 e. The van der Waals surface area contributed by atoms with Gasteiger partial charge in [0.05, 0.1) is 10.2 Å². The second-order valence-electron chi connectivity index (χ2n) is 5.01. The predicted molar refractivity (Wildman–Crippen MR) is 77.2 cm³/mol. The molecular formula is C14H16N2O3S. The molecule has 0 saturated carbocycles. The van der Waals surface area contributed by atoms with Gasteiger partial charge >= 0.3 is 0 Å². The monoisotopic (exact) mass is 292 g/mol. The Bertz CT molecular complexity index is 743. The van der Waals surface area contributed by atoms with E-state index in [-0.39, 0.29) is 11.8 Å². The highest BCUT2D eigenvalue weighted by Crippen LogP contribution is 2.35. The van der Waals surface area contributed by atoms with Crippen LogP contribution < -0.4 is 14.3 Å². The zero-order chi connectivity index (χ0) is 14.3. The molecule has 3 rings (SSSR count). The molecule has 6 heteroatoms. The number of hydrogen-bond donors (Lipinski definition) is 0. The molecule has 0 radical (unpaired) electrons. The van der Waals surface area contributed by atoms with Gasteiger partial charge in [0.2, 0.25) is 0 Å². The van der Waals surface area contributed by atoms with Crippen molar-refractivity contribution in [2.75, 3.05) is 13.2 Å². The summed E-state index contributed by atoms with van der Waals surface area (Å²) in [6, 6.07) is 3.90. The first-order valence-electron chi connectivity index (χ1n) is 6.54. The van der Waals surface area contributed by atoms with E-state index in [9.17, 15) is 4.79 Å². The molecule has 5 nitrogen and oxygen atoms in total. The fourth-order valence-corrected chi connectivity index (χ4v) is 3.03. The Kier molecular flexibility index (Phi) is 3.25. The Morgan fingerprint density at radius 1 is 1.30 bits per heavy atom. The molecule has 0 aliphatic carbocycles. The zero-order valence-electron chi connectivity index (χ0n) is 11.7. The highest BCUT2D eigenvalue weighted by molar-refractivity contribution is 7.16. The summed E-state index contributed by atoms with van der Waals surface area (Å²) >= 11 is 1.48. The van der Waals surface area contributed by atoms with E-state index >= 15 is 0 Å². The minimum atomic E-state index is -0.107. The molecule has 0 bridgehead atoms. The first kappa shape index (κ1) is 13.2. The molecule has 2 aromatic rings. The van der Waals surface area contributed by atoms with Gasteiger partial charge in [-0.1, -0.05) is 25.2 Å². The lowest BCUT2D eigenvalue weighted by Crippen LogP contribution is -2.16. The maximum absolute atomic E-state index is 11.8. The molecule has 0 spiro atoms. The van der Waals surface area contributed by atoms with Gasteiger partial charge in [0.1, 0.15) is 13.2 Å². The number of aromatic nitrogens is 1. The van der Waals surface area contributed by atoms with Crippen LogP contribution in [0.4, 0.5) is 0 Å². The van der Waals surface area contributed by atoms with Gasteiger partial charge in [0, 0.05) is 25.1 Å². The highest BCUT2D eigenvalue weighted by Gasteiger charge is 2.15. The lowest BCUT2D eigenvalue weighted by Gasteiger charge is -2.18. The van der Waals surface area contributed by atoms with E-state index in [1.165, 1.54) is 11.3 Å². The van der Waals surface area contributed by atoms with Crippen molar-refractivity contribution in [3.8, 4) is 11.5 Å². The molecule has 0 fully saturated rings. The molecule has 1 aliphatic rings. The number of aryl methyl sites for hydroxylation is 1. The number of hydrogen-bond acceptors (Lipinski definition) is 4. The predicted octanol–water partition coefficient (Wildman–Crippen LogP) is 2.09. The molecule has 1 aromatic carbocycles. The van der Waals surface area contributed by atoms with Crippen LogP contribution in [-0.4, -0.2) is 23.7 Å². The Labute approximate surface area is 120 Å². The van der Waals surface area contributed by atoms with Crippen molar-refractivity contribution < 1.29 is 14.3 Å². The number of ether oxygens (including phenoxy) is 2.